The van der Waals surface area contributed by atoms with Crippen LogP contribution in [0.1, 0.15) is 23.1 Å². The van der Waals surface area contributed by atoms with Crippen LogP contribution in [0.15, 0.2) is 0 Å². The Balaban J connectivity index is 2.78. The van der Waals surface area contributed by atoms with Gasteiger partial charge < -0.3 is 14.6 Å². The molecule has 0 radical (unpaired) electrons. The first kappa shape index (κ1) is 12.6. The summed E-state index contributed by atoms with van der Waals surface area (Å²) >= 11 is 0. The fourth-order valence-corrected chi connectivity index (χ4v) is 1.25. The van der Waals surface area contributed by atoms with E-state index in [-0.39, 0.29) is 12.3 Å². The lowest BCUT2D eigenvalue weighted by atomic mass is 10.3. The molecular weight excluding hydrogens is 214 g/mol. The zero-order valence-corrected chi connectivity index (χ0v) is 9.34. The zero-order chi connectivity index (χ0) is 12.0. The summed E-state index contributed by atoms with van der Waals surface area (Å²) in [6.45, 7) is 3.60. The molecule has 1 aromatic heterocycles. The van der Waals surface area contributed by atoms with Gasteiger partial charge in [0.05, 0.1) is 25.5 Å². The van der Waals surface area contributed by atoms with Crippen LogP contribution in [0.3, 0.4) is 0 Å². The SMILES string of the molecule is CCOCCn1nnc(C(=O)O)c1COC. The van der Waals surface area contributed by atoms with Gasteiger partial charge in [0.2, 0.25) is 0 Å². The van der Waals surface area contributed by atoms with Crippen LogP contribution in [0.4, 0.5) is 0 Å². The van der Waals surface area contributed by atoms with E-state index in [1.165, 1.54) is 11.8 Å². The summed E-state index contributed by atoms with van der Waals surface area (Å²) in [5.74, 6) is -1.10. The van der Waals surface area contributed by atoms with Crippen molar-refractivity contribution in [3.05, 3.63) is 11.4 Å². The van der Waals surface area contributed by atoms with Crippen molar-refractivity contribution in [2.24, 2.45) is 0 Å². The maximum Gasteiger partial charge on any atom is 0.358 e. The third kappa shape index (κ3) is 3.01. The number of aromatic nitrogens is 3. The highest BCUT2D eigenvalue weighted by atomic mass is 16.5. The minimum atomic E-state index is -1.10. The number of carboxylic acid groups (broad SMARTS) is 1. The van der Waals surface area contributed by atoms with E-state index in [1.807, 2.05) is 6.92 Å². The molecule has 7 heteroatoms. The van der Waals surface area contributed by atoms with Crippen LogP contribution in [0.5, 0.6) is 0 Å². The lowest BCUT2D eigenvalue weighted by Gasteiger charge is -2.05. The smallest absolute Gasteiger partial charge is 0.358 e. The first-order valence-electron chi connectivity index (χ1n) is 4.93. The Labute approximate surface area is 93.0 Å². The number of nitrogens with zero attached hydrogens (tertiary/aromatic N) is 3. The van der Waals surface area contributed by atoms with Gasteiger partial charge in [-0.15, -0.1) is 5.10 Å². The zero-order valence-electron chi connectivity index (χ0n) is 9.34. The van der Waals surface area contributed by atoms with Crippen molar-refractivity contribution < 1.29 is 19.4 Å². The average Bonchev–Trinajstić information content (AvgIpc) is 2.63. The summed E-state index contributed by atoms with van der Waals surface area (Å²) in [5, 5.41) is 16.2. The van der Waals surface area contributed by atoms with Gasteiger partial charge in [-0.1, -0.05) is 5.21 Å². The Morgan fingerprint density at radius 1 is 1.56 bits per heavy atom. The molecule has 16 heavy (non-hydrogen) atoms. The maximum absolute atomic E-state index is 10.8. The monoisotopic (exact) mass is 229 g/mol. The van der Waals surface area contributed by atoms with Crippen molar-refractivity contribution in [1.82, 2.24) is 15.0 Å². The molecule has 0 fully saturated rings. The van der Waals surface area contributed by atoms with Gasteiger partial charge in [-0.25, -0.2) is 9.48 Å². The highest BCUT2D eigenvalue weighted by Crippen LogP contribution is 2.07. The first-order chi connectivity index (χ1) is 7.70. The standard InChI is InChI=1S/C9H15N3O4/c1-3-16-5-4-12-7(6-15-2)8(9(13)14)10-11-12/h3-6H2,1-2H3,(H,13,14). The van der Waals surface area contributed by atoms with Gasteiger partial charge in [0.25, 0.3) is 0 Å². The van der Waals surface area contributed by atoms with Crippen molar-refractivity contribution in [2.45, 2.75) is 20.1 Å². The second kappa shape index (κ2) is 6.19. The molecule has 1 aromatic rings. The lowest BCUT2D eigenvalue weighted by Crippen LogP contribution is -2.13. The van der Waals surface area contributed by atoms with Crippen LogP contribution in [-0.4, -0.2) is 46.4 Å². The predicted octanol–water partition coefficient (Wildman–Crippen LogP) is 0.159. The number of carbonyl (C=O) groups is 1. The number of hydrogen-bond acceptors (Lipinski definition) is 5. The van der Waals surface area contributed by atoms with Crippen molar-refractivity contribution in [1.29, 1.82) is 0 Å². The maximum atomic E-state index is 10.8. The summed E-state index contributed by atoms with van der Waals surface area (Å²) in [7, 11) is 1.49. The Morgan fingerprint density at radius 2 is 2.31 bits per heavy atom. The Bertz CT molecular complexity index is 351. The molecule has 0 saturated carbocycles. The minimum Gasteiger partial charge on any atom is -0.476 e. The third-order valence-electron chi connectivity index (χ3n) is 1.97. The van der Waals surface area contributed by atoms with Crippen LogP contribution < -0.4 is 0 Å². The second-order valence-corrected chi connectivity index (χ2v) is 3.04. The van der Waals surface area contributed by atoms with Gasteiger partial charge in [0, 0.05) is 13.7 Å². The van der Waals surface area contributed by atoms with Crippen molar-refractivity contribution in [2.75, 3.05) is 20.3 Å². The van der Waals surface area contributed by atoms with Crippen LogP contribution >= 0.6 is 0 Å². The van der Waals surface area contributed by atoms with E-state index in [2.05, 4.69) is 10.3 Å². The lowest BCUT2D eigenvalue weighted by molar-refractivity contribution is 0.0684. The summed E-state index contributed by atoms with van der Waals surface area (Å²) in [4.78, 5) is 10.8. The van der Waals surface area contributed by atoms with Crippen LogP contribution in [0.2, 0.25) is 0 Å². The molecule has 0 spiro atoms. The minimum absolute atomic E-state index is 0.0710. The predicted molar refractivity (Wildman–Crippen MR) is 54.2 cm³/mol. The molecule has 7 nitrogen and oxygen atoms in total. The number of hydrogen-bond donors (Lipinski definition) is 1. The summed E-state index contributed by atoms with van der Waals surface area (Å²) in [6, 6.07) is 0. The van der Waals surface area contributed by atoms with Gasteiger partial charge in [-0.05, 0) is 6.92 Å². The van der Waals surface area contributed by atoms with Crippen LogP contribution in [0, 0.1) is 0 Å². The Kier molecular flexibility index (Phi) is 4.87. The number of aromatic carboxylic acids is 1. The number of carboxylic acids is 1. The molecule has 0 amide bonds. The van der Waals surface area contributed by atoms with Gasteiger partial charge in [-0.2, -0.15) is 0 Å². The number of ether oxygens (including phenoxy) is 2. The first-order valence-corrected chi connectivity index (χ1v) is 4.93. The molecule has 0 unspecified atom stereocenters. The quantitative estimate of drug-likeness (QED) is 0.670. The molecule has 0 atom stereocenters. The molecule has 0 aliphatic heterocycles. The largest absolute Gasteiger partial charge is 0.476 e. The third-order valence-corrected chi connectivity index (χ3v) is 1.97. The summed E-state index contributed by atoms with van der Waals surface area (Å²) in [5.41, 5.74) is 0.382. The summed E-state index contributed by atoms with van der Waals surface area (Å²) < 4.78 is 11.6. The van der Waals surface area contributed by atoms with Gasteiger partial charge in [0.1, 0.15) is 0 Å². The Morgan fingerprint density at radius 3 is 2.88 bits per heavy atom. The number of methoxy groups -OCH3 is 1. The van der Waals surface area contributed by atoms with E-state index < -0.39 is 5.97 Å². The molecule has 0 aliphatic rings. The number of rotatable bonds is 7. The Hall–Kier alpha value is -1.47. The fourth-order valence-electron chi connectivity index (χ4n) is 1.25. The normalized spacial score (nSPS) is 10.6. The highest BCUT2D eigenvalue weighted by molar-refractivity contribution is 5.86. The van der Waals surface area contributed by atoms with Gasteiger partial charge in [-0.3, -0.25) is 0 Å². The summed E-state index contributed by atoms with van der Waals surface area (Å²) in [6.07, 6.45) is 0. The molecule has 0 bridgehead atoms. The highest BCUT2D eigenvalue weighted by Gasteiger charge is 2.18. The van der Waals surface area contributed by atoms with E-state index in [9.17, 15) is 4.79 Å². The fraction of sp³-hybridized carbons (Fsp3) is 0.667. The van der Waals surface area contributed by atoms with Gasteiger partial charge in [0.15, 0.2) is 5.69 Å². The van der Waals surface area contributed by atoms with Crippen LogP contribution in [0.25, 0.3) is 0 Å². The van der Waals surface area contributed by atoms with E-state index in [4.69, 9.17) is 14.6 Å². The van der Waals surface area contributed by atoms with Crippen molar-refractivity contribution in [3.63, 3.8) is 0 Å². The van der Waals surface area contributed by atoms with E-state index >= 15 is 0 Å². The van der Waals surface area contributed by atoms with Crippen molar-refractivity contribution in [3.8, 4) is 0 Å². The molecule has 0 aromatic carbocycles. The molecule has 1 rings (SSSR count). The van der Waals surface area contributed by atoms with Crippen LogP contribution in [-0.2, 0) is 22.6 Å². The molecule has 90 valence electrons. The van der Waals surface area contributed by atoms with Gasteiger partial charge >= 0.3 is 5.97 Å². The topological polar surface area (TPSA) is 86.5 Å². The molecule has 0 saturated heterocycles. The molecule has 0 aliphatic carbocycles. The average molecular weight is 229 g/mol. The van der Waals surface area contributed by atoms with E-state index in [0.29, 0.717) is 25.5 Å². The molecular formula is C9H15N3O4. The van der Waals surface area contributed by atoms with E-state index in [0.717, 1.165) is 0 Å². The van der Waals surface area contributed by atoms with E-state index in [1.54, 1.807) is 0 Å². The second-order valence-electron chi connectivity index (χ2n) is 3.04. The molecule has 1 heterocycles. The van der Waals surface area contributed by atoms with Crippen molar-refractivity contribution >= 4 is 5.97 Å². The molecule has 1 N–H and O–H groups in total.